The first-order valence-electron chi connectivity index (χ1n) is 5.59. The first kappa shape index (κ1) is 16.0. The standard InChI is InChI=1S/C12H9BrF3NO3S/c1-6-3-9(13)8-5-11(7(2)17-10(8)4-6)20-21(18,19)12(14,15)16/h3-5H,1-2H3. The predicted molar refractivity (Wildman–Crippen MR) is 74.5 cm³/mol. The number of nitrogens with zero attached hydrogens (tertiary/aromatic N) is 1. The summed E-state index contributed by atoms with van der Waals surface area (Å²) in [4.78, 5) is 4.08. The highest BCUT2D eigenvalue weighted by Gasteiger charge is 2.48. The second kappa shape index (κ2) is 5.13. The molecule has 9 heteroatoms. The summed E-state index contributed by atoms with van der Waals surface area (Å²) in [5.41, 5.74) is -4.01. The smallest absolute Gasteiger partial charge is 0.374 e. The molecule has 0 atom stereocenters. The molecule has 1 aromatic heterocycles. The Labute approximate surface area is 127 Å². The van der Waals surface area contributed by atoms with E-state index in [9.17, 15) is 21.6 Å². The number of hydrogen-bond acceptors (Lipinski definition) is 4. The lowest BCUT2D eigenvalue weighted by Gasteiger charge is -2.12. The summed E-state index contributed by atoms with van der Waals surface area (Å²) in [6.45, 7) is 3.21. The molecule has 2 rings (SSSR count). The molecule has 0 amide bonds. The van der Waals surface area contributed by atoms with Crippen molar-refractivity contribution in [2.75, 3.05) is 0 Å². The van der Waals surface area contributed by atoms with Crippen LogP contribution in [-0.4, -0.2) is 18.9 Å². The molecule has 0 aliphatic carbocycles. The van der Waals surface area contributed by atoms with E-state index in [4.69, 9.17) is 0 Å². The summed E-state index contributed by atoms with van der Waals surface area (Å²) >= 11 is 3.26. The Hall–Kier alpha value is -1.35. The van der Waals surface area contributed by atoms with Crippen molar-refractivity contribution in [2.45, 2.75) is 19.4 Å². The third kappa shape index (κ3) is 3.13. The highest BCUT2D eigenvalue weighted by atomic mass is 79.9. The monoisotopic (exact) mass is 383 g/mol. The number of fused-ring (bicyclic) bond motifs is 1. The maximum Gasteiger partial charge on any atom is 0.534 e. The minimum atomic E-state index is -5.72. The molecule has 0 bridgehead atoms. The summed E-state index contributed by atoms with van der Waals surface area (Å²) < 4.78 is 63.9. The molecule has 0 spiro atoms. The Morgan fingerprint density at radius 3 is 2.38 bits per heavy atom. The second-order valence-electron chi connectivity index (χ2n) is 4.37. The van der Waals surface area contributed by atoms with E-state index < -0.39 is 21.4 Å². The molecule has 0 saturated carbocycles. The lowest BCUT2D eigenvalue weighted by atomic mass is 10.1. The van der Waals surface area contributed by atoms with Gasteiger partial charge in [-0.3, -0.25) is 0 Å². The van der Waals surface area contributed by atoms with Crippen LogP contribution in [0.2, 0.25) is 0 Å². The van der Waals surface area contributed by atoms with Crippen LogP contribution in [0.4, 0.5) is 13.2 Å². The molecule has 0 radical (unpaired) electrons. The van der Waals surface area contributed by atoms with Crippen LogP contribution in [-0.2, 0) is 10.1 Å². The van der Waals surface area contributed by atoms with Gasteiger partial charge in [0.05, 0.1) is 11.2 Å². The number of benzene rings is 1. The van der Waals surface area contributed by atoms with Gasteiger partial charge in [-0.25, -0.2) is 4.98 Å². The second-order valence-corrected chi connectivity index (χ2v) is 6.76. The van der Waals surface area contributed by atoms with Crippen LogP contribution < -0.4 is 4.18 Å². The average molecular weight is 384 g/mol. The van der Waals surface area contributed by atoms with Crippen molar-refractivity contribution in [1.29, 1.82) is 0 Å². The van der Waals surface area contributed by atoms with Gasteiger partial charge in [0.2, 0.25) is 0 Å². The molecule has 0 saturated heterocycles. The Morgan fingerprint density at radius 1 is 1.19 bits per heavy atom. The van der Waals surface area contributed by atoms with Gasteiger partial charge in [-0.15, -0.1) is 0 Å². The Balaban J connectivity index is 2.59. The minimum absolute atomic E-state index is 0.0489. The molecule has 0 N–H and O–H groups in total. The number of alkyl halides is 3. The molecule has 114 valence electrons. The lowest BCUT2D eigenvalue weighted by molar-refractivity contribution is -0.0500. The van der Waals surface area contributed by atoms with Crippen LogP contribution in [0, 0.1) is 13.8 Å². The Kier molecular flexibility index (Phi) is 3.92. The molecule has 21 heavy (non-hydrogen) atoms. The fourth-order valence-corrected chi connectivity index (χ4v) is 2.87. The number of aromatic nitrogens is 1. The van der Waals surface area contributed by atoms with Crippen LogP contribution in [0.3, 0.4) is 0 Å². The number of pyridine rings is 1. The van der Waals surface area contributed by atoms with E-state index in [1.165, 1.54) is 13.0 Å². The van der Waals surface area contributed by atoms with Gasteiger partial charge in [-0.05, 0) is 37.6 Å². The van der Waals surface area contributed by atoms with Crippen molar-refractivity contribution in [3.8, 4) is 5.75 Å². The molecule has 1 aromatic carbocycles. The van der Waals surface area contributed by atoms with Gasteiger partial charge >= 0.3 is 15.6 Å². The van der Waals surface area contributed by atoms with Crippen molar-refractivity contribution < 1.29 is 25.8 Å². The molecular formula is C12H9BrF3NO3S. The van der Waals surface area contributed by atoms with Crippen molar-refractivity contribution in [1.82, 2.24) is 4.98 Å². The Bertz CT molecular complexity index is 819. The quantitative estimate of drug-likeness (QED) is 0.583. The van der Waals surface area contributed by atoms with Crippen molar-refractivity contribution in [2.24, 2.45) is 0 Å². The fourth-order valence-electron chi connectivity index (χ4n) is 1.69. The first-order valence-corrected chi connectivity index (χ1v) is 7.79. The summed E-state index contributed by atoms with van der Waals surface area (Å²) in [7, 11) is -5.72. The summed E-state index contributed by atoms with van der Waals surface area (Å²) in [5.74, 6) is -0.454. The normalized spacial score (nSPS) is 12.7. The topological polar surface area (TPSA) is 56.3 Å². The maximum absolute atomic E-state index is 12.4. The van der Waals surface area contributed by atoms with E-state index >= 15 is 0 Å². The third-order valence-corrected chi connectivity index (χ3v) is 4.28. The molecule has 4 nitrogen and oxygen atoms in total. The highest BCUT2D eigenvalue weighted by molar-refractivity contribution is 9.10. The molecule has 0 fully saturated rings. The van der Waals surface area contributed by atoms with Gasteiger partial charge < -0.3 is 4.18 Å². The molecular weight excluding hydrogens is 375 g/mol. The zero-order valence-corrected chi connectivity index (χ0v) is 13.2. The third-order valence-electron chi connectivity index (χ3n) is 2.66. The van der Waals surface area contributed by atoms with Crippen LogP contribution >= 0.6 is 15.9 Å². The molecule has 0 unspecified atom stereocenters. The SMILES string of the molecule is Cc1cc(Br)c2cc(OS(=O)(=O)C(F)(F)F)c(C)nc2c1. The number of rotatable bonds is 2. The van der Waals surface area contributed by atoms with E-state index in [0.717, 1.165) is 5.56 Å². The van der Waals surface area contributed by atoms with Gasteiger partial charge in [-0.2, -0.15) is 21.6 Å². The van der Waals surface area contributed by atoms with Crippen LogP contribution in [0.5, 0.6) is 5.75 Å². The van der Waals surface area contributed by atoms with Crippen molar-refractivity contribution in [3.63, 3.8) is 0 Å². The molecule has 0 aliphatic heterocycles. The zero-order chi connectivity index (χ0) is 16.0. The van der Waals surface area contributed by atoms with E-state index in [1.54, 1.807) is 12.1 Å². The minimum Gasteiger partial charge on any atom is -0.374 e. The lowest BCUT2D eigenvalue weighted by Crippen LogP contribution is -2.28. The highest BCUT2D eigenvalue weighted by Crippen LogP contribution is 2.33. The largest absolute Gasteiger partial charge is 0.534 e. The van der Waals surface area contributed by atoms with E-state index in [1.807, 2.05) is 6.92 Å². The number of halogens is 4. The van der Waals surface area contributed by atoms with Gasteiger partial charge in [0, 0.05) is 9.86 Å². The van der Waals surface area contributed by atoms with E-state index in [-0.39, 0.29) is 5.69 Å². The van der Waals surface area contributed by atoms with Gasteiger partial charge in [-0.1, -0.05) is 15.9 Å². The maximum atomic E-state index is 12.4. The Morgan fingerprint density at radius 2 is 1.81 bits per heavy atom. The fraction of sp³-hybridized carbons (Fsp3) is 0.250. The van der Waals surface area contributed by atoms with Crippen LogP contribution in [0.25, 0.3) is 10.9 Å². The van der Waals surface area contributed by atoms with E-state index in [0.29, 0.717) is 15.4 Å². The molecule has 0 aliphatic rings. The zero-order valence-electron chi connectivity index (χ0n) is 10.8. The van der Waals surface area contributed by atoms with Crippen molar-refractivity contribution in [3.05, 3.63) is 33.9 Å². The average Bonchev–Trinajstić information content (AvgIpc) is 2.29. The predicted octanol–water partition coefficient (Wildman–Crippen LogP) is 3.84. The number of aryl methyl sites for hydroxylation is 2. The summed E-state index contributed by atoms with van der Waals surface area (Å²) in [5, 5.41) is 0.457. The van der Waals surface area contributed by atoms with Crippen molar-refractivity contribution >= 4 is 37.0 Å². The van der Waals surface area contributed by atoms with Crippen LogP contribution in [0.15, 0.2) is 22.7 Å². The van der Waals surface area contributed by atoms with Crippen LogP contribution in [0.1, 0.15) is 11.3 Å². The molecule has 1 heterocycles. The first-order chi connectivity index (χ1) is 9.51. The van der Waals surface area contributed by atoms with E-state index in [2.05, 4.69) is 25.1 Å². The van der Waals surface area contributed by atoms with Gasteiger partial charge in [0.1, 0.15) is 0 Å². The number of hydrogen-bond donors (Lipinski definition) is 0. The summed E-state index contributed by atoms with van der Waals surface area (Å²) in [6, 6.07) is 4.68. The summed E-state index contributed by atoms with van der Waals surface area (Å²) in [6.07, 6.45) is 0. The molecule has 2 aromatic rings. The van der Waals surface area contributed by atoms with Gasteiger partial charge in [0.25, 0.3) is 0 Å². The van der Waals surface area contributed by atoms with Gasteiger partial charge in [0.15, 0.2) is 5.75 Å².